The van der Waals surface area contributed by atoms with Crippen LogP contribution in [0, 0.1) is 25.0 Å². The highest BCUT2D eigenvalue weighted by molar-refractivity contribution is 14.1. The number of likely N-dealkylation sites (tertiary alicyclic amines) is 1. The average Bonchev–Trinajstić information content (AvgIpc) is 3.44. The van der Waals surface area contributed by atoms with Gasteiger partial charge in [-0.15, -0.1) is 0 Å². The standard InChI is InChI=1S/C21H13ClIN5O5/c22-14-4-2-10(5-16(14)28(32)33)19(29)25-9-13-7-17(25)18-20(30)27(21(31)26(13)18)12-3-1-11(8-24)15(23)6-12/h1-6,13,17,30H,7,9H2/t13-,17-/m0/s1. The summed E-state index contributed by atoms with van der Waals surface area (Å²) in [4.78, 5) is 38.4. The van der Waals surface area contributed by atoms with Crippen molar-refractivity contribution in [2.45, 2.75) is 18.5 Å². The molecule has 10 nitrogen and oxygen atoms in total. The van der Waals surface area contributed by atoms with E-state index in [1.807, 2.05) is 22.6 Å². The predicted octanol–water partition coefficient (Wildman–Crippen LogP) is 3.52. The molecule has 2 aliphatic rings. The lowest BCUT2D eigenvalue weighted by molar-refractivity contribution is -0.384. The molecular formula is C21H13ClIN5O5. The summed E-state index contributed by atoms with van der Waals surface area (Å²) in [6, 6.07) is 9.82. The van der Waals surface area contributed by atoms with Gasteiger partial charge in [0.15, 0.2) is 0 Å². The van der Waals surface area contributed by atoms with Gasteiger partial charge < -0.3 is 10.0 Å². The van der Waals surface area contributed by atoms with Gasteiger partial charge in [-0.3, -0.25) is 19.5 Å². The first kappa shape index (κ1) is 21.5. The molecule has 166 valence electrons. The van der Waals surface area contributed by atoms with Crippen molar-refractivity contribution in [3.05, 3.63) is 82.4 Å². The highest BCUT2D eigenvalue weighted by Crippen LogP contribution is 2.49. The quantitative estimate of drug-likeness (QED) is 0.288. The van der Waals surface area contributed by atoms with Crippen molar-refractivity contribution in [1.82, 2.24) is 14.0 Å². The molecule has 2 aromatic carbocycles. The van der Waals surface area contributed by atoms with Crippen LogP contribution in [0.5, 0.6) is 5.88 Å². The molecule has 2 aliphatic heterocycles. The number of rotatable bonds is 3. The molecule has 3 heterocycles. The number of hydrogen-bond donors (Lipinski definition) is 1. The van der Waals surface area contributed by atoms with Gasteiger partial charge in [0.25, 0.3) is 11.6 Å². The van der Waals surface area contributed by atoms with E-state index in [-0.39, 0.29) is 34.7 Å². The van der Waals surface area contributed by atoms with Gasteiger partial charge in [-0.2, -0.15) is 5.26 Å². The van der Waals surface area contributed by atoms with Gasteiger partial charge in [-0.1, -0.05) is 11.6 Å². The van der Waals surface area contributed by atoms with E-state index in [1.165, 1.54) is 26.2 Å². The number of imidazole rings is 1. The normalized spacial score (nSPS) is 18.3. The number of nitro benzene ring substituents is 1. The molecule has 1 amide bonds. The maximum absolute atomic E-state index is 13.2. The van der Waals surface area contributed by atoms with Crippen LogP contribution in [0.3, 0.4) is 0 Å². The number of nitrogens with zero attached hydrogens (tertiary/aromatic N) is 5. The summed E-state index contributed by atoms with van der Waals surface area (Å²) in [5.74, 6) is -0.714. The fourth-order valence-electron chi connectivity index (χ4n) is 4.59. The Morgan fingerprint density at radius 1 is 1.30 bits per heavy atom. The van der Waals surface area contributed by atoms with Crippen molar-refractivity contribution >= 4 is 45.8 Å². The minimum absolute atomic E-state index is 0.0694. The Hall–Kier alpha value is -3.37. The number of carbonyl (C=O) groups is 1. The molecule has 1 aromatic heterocycles. The molecule has 3 aromatic rings. The lowest BCUT2D eigenvalue weighted by Crippen LogP contribution is -2.37. The Kier molecular flexibility index (Phi) is 4.95. The van der Waals surface area contributed by atoms with Crippen molar-refractivity contribution in [1.29, 1.82) is 5.26 Å². The summed E-state index contributed by atoms with van der Waals surface area (Å²) >= 11 is 7.84. The van der Waals surface area contributed by atoms with Crippen molar-refractivity contribution < 1.29 is 14.8 Å². The second-order valence-electron chi connectivity index (χ2n) is 7.76. The second kappa shape index (κ2) is 7.60. The third kappa shape index (κ3) is 3.12. The first-order valence-corrected chi connectivity index (χ1v) is 11.2. The maximum Gasteiger partial charge on any atom is 0.336 e. The molecule has 0 spiro atoms. The number of aromatic hydroxyl groups is 1. The SMILES string of the molecule is N#Cc1ccc(-n2c(O)c3n(c2=O)[C@H]2C[C@@H]3N(C(=O)c3ccc(Cl)c([N+](=O)[O-])c3)C2)cc1I. The Morgan fingerprint density at radius 2 is 2.06 bits per heavy atom. The highest BCUT2D eigenvalue weighted by Gasteiger charge is 2.49. The topological polar surface area (TPSA) is 134 Å². The third-order valence-electron chi connectivity index (χ3n) is 6.04. The predicted molar refractivity (Wildman–Crippen MR) is 125 cm³/mol. The number of halogens is 2. The highest BCUT2D eigenvalue weighted by atomic mass is 127. The summed E-state index contributed by atoms with van der Waals surface area (Å²) in [6.07, 6.45) is 0.464. The van der Waals surface area contributed by atoms with Gasteiger partial charge in [0.05, 0.1) is 28.3 Å². The molecule has 12 heteroatoms. The molecular weight excluding hydrogens is 565 g/mol. The Labute approximate surface area is 204 Å². The van der Waals surface area contributed by atoms with Crippen molar-refractivity contribution in [2.24, 2.45) is 0 Å². The molecule has 2 bridgehead atoms. The number of benzene rings is 2. The van der Waals surface area contributed by atoms with E-state index in [2.05, 4.69) is 6.07 Å². The van der Waals surface area contributed by atoms with E-state index in [1.54, 1.807) is 18.2 Å². The van der Waals surface area contributed by atoms with Gasteiger partial charge in [0.2, 0.25) is 5.88 Å². The van der Waals surface area contributed by atoms with E-state index in [4.69, 9.17) is 16.9 Å². The summed E-state index contributed by atoms with van der Waals surface area (Å²) in [7, 11) is 0. The molecule has 0 saturated carbocycles. The van der Waals surface area contributed by atoms with Crippen LogP contribution in [-0.2, 0) is 0 Å². The Balaban J connectivity index is 1.54. The summed E-state index contributed by atoms with van der Waals surface area (Å²) in [6.45, 7) is 0.237. The maximum atomic E-state index is 13.2. The molecule has 0 unspecified atom stereocenters. The molecule has 0 radical (unpaired) electrons. The zero-order chi connectivity index (χ0) is 23.6. The first-order valence-electron chi connectivity index (χ1n) is 9.74. The van der Waals surface area contributed by atoms with E-state index in [9.17, 15) is 24.8 Å². The smallest absolute Gasteiger partial charge is 0.336 e. The van der Waals surface area contributed by atoms with Gasteiger partial charge in [-0.25, -0.2) is 9.36 Å². The largest absolute Gasteiger partial charge is 0.493 e. The number of nitriles is 1. The average molecular weight is 578 g/mol. The van der Waals surface area contributed by atoms with E-state index in [0.717, 1.165) is 6.07 Å². The number of fused-ring (bicyclic) bond motifs is 5. The molecule has 1 N–H and O–H groups in total. The summed E-state index contributed by atoms with van der Waals surface area (Å²) in [5.41, 5.74) is 0.499. The van der Waals surface area contributed by atoms with Crippen molar-refractivity contribution in [3.8, 4) is 17.6 Å². The molecule has 1 saturated heterocycles. The van der Waals surface area contributed by atoms with Gasteiger partial charge in [0, 0.05) is 21.7 Å². The molecule has 1 fully saturated rings. The lowest BCUT2D eigenvalue weighted by Gasteiger charge is -2.27. The van der Waals surface area contributed by atoms with Gasteiger partial charge in [0.1, 0.15) is 16.8 Å². The monoisotopic (exact) mass is 577 g/mol. The summed E-state index contributed by atoms with van der Waals surface area (Å²) in [5, 5.41) is 31.2. The van der Waals surface area contributed by atoms with Crippen LogP contribution in [0.2, 0.25) is 5.02 Å². The third-order valence-corrected chi connectivity index (χ3v) is 7.25. The fraction of sp³-hybridized carbons (Fsp3) is 0.190. The molecule has 2 atom stereocenters. The summed E-state index contributed by atoms with van der Waals surface area (Å²) < 4.78 is 3.30. The van der Waals surface area contributed by atoms with Crippen LogP contribution in [0.25, 0.3) is 5.69 Å². The Bertz CT molecular complexity index is 1470. The van der Waals surface area contributed by atoms with E-state index < -0.39 is 22.6 Å². The van der Waals surface area contributed by atoms with Crippen LogP contribution in [0.1, 0.15) is 40.1 Å². The number of nitro groups is 1. The number of aromatic nitrogens is 2. The molecule has 33 heavy (non-hydrogen) atoms. The fourth-order valence-corrected chi connectivity index (χ4v) is 5.39. The minimum Gasteiger partial charge on any atom is -0.493 e. The number of hydrogen-bond acceptors (Lipinski definition) is 6. The zero-order valence-corrected chi connectivity index (χ0v) is 19.5. The molecule has 0 aliphatic carbocycles. The number of carbonyl (C=O) groups excluding carboxylic acids is 1. The van der Waals surface area contributed by atoms with Crippen LogP contribution in [-0.4, -0.2) is 36.5 Å². The van der Waals surface area contributed by atoms with Gasteiger partial charge >= 0.3 is 5.69 Å². The lowest BCUT2D eigenvalue weighted by atomic mass is 10.1. The van der Waals surface area contributed by atoms with Crippen LogP contribution in [0.15, 0.2) is 41.2 Å². The minimum atomic E-state index is -0.655. The van der Waals surface area contributed by atoms with Crippen LogP contribution >= 0.6 is 34.2 Å². The van der Waals surface area contributed by atoms with Crippen molar-refractivity contribution in [2.75, 3.05) is 6.54 Å². The first-order chi connectivity index (χ1) is 15.7. The number of amides is 1. The Morgan fingerprint density at radius 3 is 2.73 bits per heavy atom. The van der Waals surface area contributed by atoms with E-state index >= 15 is 0 Å². The zero-order valence-electron chi connectivity index (χ0n) is 16.6. The van der Waals surface area contributed by atoms with Crippen LogP contribution < -0.4 is 5.69 Å². The molecule has 5 rings (SSSR count). The van der Waals surface area contributed by atoms with Crippen LogP contribution in [0.4, 0.5) is 5.69 Å². The van der Waals surface area contributed by atoms with E-state index in [0.29, 0.717) is 26.9 Å². The second-order valence-corrected chi connectivity index (χ2v) is 9.33. The van der Waals surface area contributed by atoms with Crippen molar-refractivity contribution in [3.63, 3.8) is 0 Å². The van der Waals surface area contributed by atoms with Gasteiger partial charge in [-0.05, 0) is 59.3 Å².